The molecule has 2 aromatic heterocycles. The number of nitrogens with zero attached hydrogens (tertiary/aromatic N) is 3. The summed E-state index contributed by atoms with van der Waals surface area (Å²) in [6.07, 6.45) is 9.33. The van der Waals surface area contributed by atoms with E-state index in [1.165, 1.54) is 6.42 Å². The highest BCUT2D eigenvalue weighted by atomic mass is 16.5. The summed E-state index contributed by atoms with van der Waals surface area (Å²) in [5.41, 5.74) is 8.31. The van der Waals surface area contributed by atoms with Gasteiger partial charge in [0.1, 0.15) is 17.6 Å². The molecule has 5 N–H and O–H groups in total. The Morgan fingerprint density at radius 2 is 1.85 bits per heavy atom. The number of carbonyl (C=O) groups excluding carboxylic acids is 1. The van der Waals surface area contributed by atoms with Gasteiger partial charge in [0, 0.05) is 53.8 Å². The molecule has 0 radical (unpaired) electrons. The van der Waals surface area contributed by atoms with Crippen LogP contribution in [0.1, 0.15) is 53.6 Å². The summed E-state index contributed by atoms with van der Waals surface area (Å²) in [5, 5.41) is 22.8. The van der Waals surface area contributed by atoms with E-state index < -0.39 is 5.91 Å². The standard InChI is InChI=1S/C31H35N7O2/c32-18-23-16-21(6-9-29(23)40-24-4-3-5-24)19-35-12-2-1-11-34-14-15-37-31-26-10-13-36-20-27(26)25-8-7-22(30(33)39)17-28(25)38-31/h6-10,13,16-17,20,24,34-35H,1-5,11-12,14-15,19H2,(H2,33,39)(H,37,38). The number of nitriles is 1. The van der Waals surface area contributed by atoms with Crippen molar-refractivity contribution in [1.82, 2.24) is 20.6 Å². The van der Waals surface area contributed by atoms with E-state index in [1.54, 1.807) is 18.3 Å². The molecule has 5 rings (SSSR count). The summed E-state index contributed by atoms with van der Waals surface area (Å²) in [6.45, 7) is 4.08. The van der Waals surface area contributed by atoms with Gasteiger partial charge in [-0.15, -0.1) is 0 Å². The van der Waals surface area contributed by atoms with Crippen LogP contribution >= 0.6 is 0 Å². The SMILES string of the molecule is N#Cc1cc(CNCCCCNCCNc2nc3cc(C(N)=O)ccc3c3cnccc23)ccc1OC1CCC1. The van der Waals surface area contributed by atoms with E-state index in [1.807, 2.05) is 36.5 Å². The number of pyridine rings is 2. The van der Waals surface area contributed by atoms with Crippen molar-refractivity contribution < 1.29 is 9.53 Å². The van der Waals surface area contributed by atoms with E-state index in [2.05, 4.69) is 27.0 Å². The molecule has 0 saturated heterocycles. The van der Waals surface area contributed by atoms with Gasteiger partial charge in [-0.05, 0) is 81.1 Å². The molecule has 1 aliphatic rings. The Morgan fingerprint density at radius 1 is 1.00 bits per heavy atom. The van der Waals surface area contributed by atoms with Gasteiger partial charge < -0.3 is 26.4 Å². The lowest BCUT2D eigenvalue weighted by atomic mass is 9.96. The number of amides is 1. The van der Waals surface area contributed by atoms with Crippen molar-refractivity contribution in [2.75, 3.05) is 31.5 Å². The van der Waals surface area contributed by atoms with Crippen LogP contribution in [0.4, 0.5) is 5.82 Å². The Kier molecular flexibility index (Phi) is 9.01. The minimum atomic E-state index is -0.472. The van der Waals surface area contributed by atoms with Crippen LogP contribution in [0.15, 0.2) is 54.9 Å². The van der Waals surface area contributed by atoms with Crippen LogP contribution in [-0.4, -0.2) is 48.2 Å². The molecule has 1 amide bonds. The second kappa shape index (κ2) is 13.2. The molecule has 9 heteroatoms. The molecule has 2 heterocycles. The zero-order valence-electron chi connectivity index (χ0n) is 22.6. The van der Waals surface area contributed by atoms with E-state index in [4.69, 9.17) is 15.5 Å². The predicted octanol–water partition coefficient (Wildman–Crippen LogP) is 4.26. The average Bonchev–Trinajstić information content (AvgIpc) is 2.95. The van der Waals surface area contributed by atoms with Gasteiger partial charge in [0.2, 0.25) is 5.91 Å². The number of nitrogens with one attached hydrogen (secondary N) is 3. The molecule has 4 aromatic rings. The molecule has 0 spiro atoms. The first-order valence-electron chi connectivity index (χ1n) is 13.9. The van der Waals surface area contributed by atoms with Crippen molar-refractivity contribution in [1.29, 1.82) is 5.26 Å². The molecule has 1 aliphatic carbocycles. The number of hydrogen-bond donors (Lipinski definition) is 4. The number of rotatable bonds is 14. The predicted molar refractivity (Wildman–Crippen MR) is 157 cm³/mol. The quantitative estimate of drug-likeness (QED) is 0.138. The third-order valence-electron chi connectivity index (χ3n) is 7.27. The van der Waals surface area contributed by atoms with Crippen molar-refractivity contribution in [2.24, 2.45) is 5.73 Å². The fraction of sp³-hybridized carbons (Fsp3) is 0.355. The van der Waals surface area contributed by atoms with Gasteiger partial charge in [-0.3, -0.25) is 9.78 Å². The van der Waals surface area contributed by atoms with Gasteiger partial charge in [0.15, 0.2) is 0 Å². The van der Waals surface area contributed by atoms with E-state index in [-0.39, 0.29) is 6.10 Å². The minimum absolute atomic E-state index is 0.270. The lowest BCUT2D eigenvalue weighted by molar-refractivity contribution is 0.100. The zero-order valence-corrected chi connectivity index (χ0v) is 22.6. The minimum Gasteiger partial charge on any atom is -0.489 e. The Bertz CT molecular complexity index is 1530. The van der Waals surface area contributed by atoms with Crippen LogP contribution < -0.4 is 26.4 Å². The van der Waals surface area contributed by atoms with E-state index in [0.29, 0.717) is 28.9 Å². The molecule has 0 aliphatic heterocycles. The van der Waals surface area contributed by atoms with Crippen molar-refractivity contribution in [3.8, 4) is 11.8 Å². The van der Waals surface area contributed by atoms with Gasteiger partial charge in [0.25, 0.3) is 0 Å². The number of primary amides is 1. The van der Waals surface area contributed by atoms with E-state index in [9.17, 15) is 10.1 Å². The Morgan fingerprint density at radius 3 is 2.62 bits per heavy atom. The molecule has 2 aromatic carbocycles. The van der Waals surface area contributed by atoms with Gasteiger partial charge >= 0.3 is 0 Å². The number of unbranched alkanes of at least 4 members (excludes halogenated alkanes) is 1. The van der Waals surface area contributed by atoms with Crippen LogP contribution in [0.2, 0.25) is 0 Å². The largest absolute Gasteiger partial charge is 0.489 e. The topological polar surface area (TPSA) is 138 Å². The molecule has 1 saturated carbocycles. The number of nitrogens with two attached hydrogens (primary N) is 1. The summed E-state index contributed by atoms with van der Waals surface area (Å²) < 4.78 is 5.92. The third kappa shape index (κ3) is 6.65. The number of carbonyl (C=O) groups is 1. The van der Waals surface area contributed by atoms with Gasteiger partial charge in [-0.25, -0.2) is 4.98 Å². The number of hydrogen-bond acceptors (Lipinski definition) is 8. The summed E-state index contributed by atoms with van der Waals surface area (Å²) in [6, 6.07) is 15.4. The molecular formula is C31H35N7O2. The summed E-state index contributed by atoms with van der Waals surface area (Å²) in [5.74, 6) is 0.996. The molecule has 0 unspecified atom stereocenters. The fourth-order valence-corrected chi connectivity index (χ4v) is 4.81. The maximum atomic E-state index is 11.6. The summed E-state index contributed by atoms with van der Waals surface area (Å²) >= 11 is 0. The number of anilines is 1. The maximum absolute atomic E-state index is 11.6. The van der Waals surface area contributed by atoms with Crippen LogP contribution in [-0.2, 0) is 6.54 Å². The van der Waals surface area contributed by atoms with Crippen molar-refractivity contribution in [2.45, 2.75) is 44.8 Å². The van der Waals surface area contributed by atoms with Crippen molar-refractivity contribution in [3.05, 3.63) is 71.5 Å². The highest BCUT2D eigenvalue weighted by molar-refractivity contribution is 6.11. The first-order valence-corrected chi connectivity index (χ1v) is 13.9. The fourth-order valence-electron chi connectivity index (χ4n) is 4.81. The average molecular weight is 538 g/mol. The Balaban J connectivity index is 1.02. The van der Waals surface area contributed by atoms with Crippen molar-refractivity contribution in [3.63, 3.8) is 0 Å². The van der Waals surface area contributed by atoms with Crippen LogP contribution in [0.25, 0.3) is 21.7 Å². The Labute approximate surface area is 234 Å². The number of aromatic nitrogens is 2. The molecular weight excluding hydrogens is 502 g/mol. The zero-order chi connectivity index (χ0) is 27.7. The first kappa shape index (κ1) is 27.3. The Hall–Kier alpha value is -4.26. The normalized spacial score (nSPS) is 13.2. The highest BCUT2D eigenvalue weighted by Crippen LogP contribution is 2.29. The van der Waals surface area contributed by atoms with E-state index >= 15 is 0 Å². The third-order valence-corrected chi connectivity index (χ3v) is 7.27. The molecule has 206 valence electrons. The van der Waals surface area contributed by atoms with Crippen LogP contribution in [0.5, 0.6) is 5.75 Å². The van der Waals surface area contributed by atoms with Crippen molar-refractivity contribution >= 4 is 33.4 Å². The molecule has 9 nitrogen and oxygen atoms in total. The smallest absolute Gasteiger partial charge is 0.248 e. The summed E-state index contributed by atoms with van der Waals surface area (Å²) in [4.78, 5) is 20.7. The molecule has 0 atom stereocenters. The van der Waals surface area contributed by atoms with Gasteiger partial charge in [-0.1, -0.05) is 12.1 Å². The van der Waals surface area contributed by atoms with Gasteiger partial charge in [-0.2, -0.15) is 5.26 Å². The van der Waals surface area contributed by atoms with E-state index in [0.717, 1.165) is 79.4 Å². The highest BCUT2D eigenvalue weighted by Gasteiger charge is 2.20. The lowest BCUT2D eigenvalue weighted by Crippen LogP contribution is -2.25. The van der Waals surface area contributed by atoms with Gasteiger partial charge in [0.05, 0.1) is 17.2 Å². The van der Waals surface area contributed by atoms with Crippen LogP contribution in [0.3, 0.4) is 0 Å². The number of benzene rings is 2. The lowest BCUT2D eigenvalue weighted by Gasteiger charge is -2.26. The summed E-state index contributed by atoms with van der Waals surface area (Å²) in [7, 11) is 0. The second-order valence-corrected chi connectivity index (χ2v) is 10.2. The molecule has 1 fully saturated rings. The first-order chi connectivity index (χ1) is 19.6. The number of fused-ring (bicyclic) bond motifs is 3. The monoisotopic (exact) mass is 537 g/mol. The maximum Gasteiger partial charge on any atom is 0.248 e. The second-order valence-electron chi connectivity index (χ2n) is 10.2. The number of ether oxygens (including phenoxy) is 1. The van der Waals surface area contributed by atoms with Crippen LogP contribution in [0, 0.1) is 11.3 Å². The molecule has 0 bridgehead atoms. The molecule has 40 heavy (non-hydrogen) atoms.